The molecule has 3 nitrogen and oxygen atoms in total. The van der Waals surface area contributed by atoms with Crippen molar-refractivity contribution in [3.63, 3.8) is 0 Å². The van der Waals surface area contributed by atoms with E-state index in [9.17, 15) is 0 Å². The van der Waals surface area contributed by atoms with Crippen molar-refractivity contribution in [1.29, 1.82) is 0 Å². The van der Waals surface area contributed by atoms with Gasteiger partial charge in [0.15, 0.2) is 0 Å². The largest absolute Gasteiger partial charge is 0.394 e. The predicted molar refractivity (Wildman–Crippen MR) is 94.5 cm³/mol. The van der Waals surface area contributed by atoms with E-state index in [1.54, 1.807) is 0 Å². The van der Waals surface area contributed by atoms with E-state index in [1.165, 1.54) is 70.8 Å². The van der Waals surface area contributed by atoms with Gasteiger partial charge >= 0.3 is 0 Å². The fourth-order valence-electron chi connectivity index (χ4n) is 2.09. The Morgan fingerprint density at radius 3 is 1.62 bits per heavy atom. The number of halogens is 1. The number of hydrogen-bond acceptors (Lipinski definition) is 3. The minimum atomic E-state index is 0. The zero-order valence-corrected chi connectivity index (χ0v) is 15.3. The Morgan fingerprint density at radius 1 is 0.905 bits per heavy atom. The molecule has 0 aromatic carbocycles. The zero-order valence-electron chi connectivity index (χ0n) is 14.5. The summed E-state index contributed by atoms with van der Waals surface area (Å²) in [6, 6.07) is 0. The molecule has 0 aliphatic carbocycles. The summed E-state index contributed by atoms with van der Waals surface area (Å²) in [6.45, 7) is 4.50. The van der Waals surface area contributed by atoms with Crippen LogP contribution in [-0.4, -0.2) is 50.0 Å². The molecule has 1 saturated heterocycles. The molecule has 130 valence electrons. The number of rotatable bonds is 12. The van der Waals surface area contributed by atoms with Crippen LogP contribution in [-0.2, 0) is 4.74 Å². The number of aliphatic hydroxyl groups excluding tert-OH is 1. The third-order valence-corrected chi connectivity index (χ3v) is 3.56. The van der Waals surface area contributed by atoms with Crippen molar-refractivity contribution in [1.82, 2.24) is 4.90 Å². The molecular weight excluding hydrogens is 286 g/mol. The molecule has 1 aliphatic rings. The molecule has 1 unspecified atom stereocenters. The van der Waals surface area contributed by atoms with Crippen molar-refractivity contribution in [2.75, 3.05) is 33.9 Å². The average Bonchev–Trinajstić information content (AvgIpc) is 3.25. The van der Waals surface area contributed by atoms with Crippen molar-refractivity contribution in [3.8, 4) is 0 Å². The van der Waals surface area contributed by atoms with Crippen LogP contribution in [0.4, 0.5) is 0 Å². The summed E-state index contributed by atoms with van der Waals surface area (Å²) in [6.07, 6.45) is 14.5. The first-order chi connectivity index (χ1) is 9.70. The number of epoxide rings is 1. The minimum absolute atomic E-state index is 0. The molecule has 1 heterocycles. The molecule has 0 spiro atoms. The lowest BCUT2D eigenvalue weighted by Crippen LogP contribution is -2.12. The van der Waals surface area contributed by atoms with Gasteiger partial charge in [0.1, 0.15) is 6.10 Å². The summed E-state index contributed by atoms with van der Waals surface area (Å²) >= 11 is 0. The molecule has 0 aromatic heterocycles. The lowest BCUT2D eigenvalue weighted by Gasteiger charge is -2.08. The number of hydrogen-bond donors (Lipinski definition) is 1. The second kappa shape index (κ2) is 18.2. The first kappa shape index (κ1) is 23.4. The summed E-state index contributed by atoms with van der Waals surface area (Å²) in [7, 11) is 4.32. The quantitative estimate of drug-likeness (QED) is 0.430. The monoisotopic (exact) mass is 323 g/mol. The van der Waals surface area contributed by atoms with E-state index >= 15 is 0 Å². The van der Waals surface area contributed by atoms with Crippen molar-refractivity contribution < 1.29 is 9.84 Å². The minimum Gasteiger partial charge on any atom is -0.394 e. The van der Waals surface area contributed by atoms with E-state index in [0.29, 0.717) is 0 Å². The van der Waals surface area contributed by atoms with E-state index in [-0.39, 0.29) is 25.1 Å². The maximum atomic E-state index is 8.08. The van der Waals surface area contributed by atoms with Gasteiger partial charge in [-0.3, -0.25) is 0 Å². The van der Waals surface area contributed by atoms with Crippen LogP contribution in [0.5, 0.6) is 0 Å². The lowest BCUT2D eigenvalue weighted by atomic mass is 10.1. The topological polar surface area (TPSA) is 36.0 Å². The Morgan fingerprint density at radius 2 is 1.33 bits per heavy atom. The molecule has 1 N–H and O–H groups in total. The Kier molecular flexibility index (Phi) is 20.3. The highest BCUT2D eigenvalue weighted by atomic mass is 35.5. The van der Waals surface area contributed by atoms with Gasteiger partial charge in [-0.2, -0.15) is 0 Å². The van der Waals surface area contributed by atoms with Gasteiger partial charge in [0.25, 0.3) is 0 Å². The summed E-state index contributed by atoms with van der Waals surface area (Å²) in [5, 5.41) is 8.08. The Hall–Kier alpha value is 0.170. The first-order valence-electron chi connectivity index (χ1n) is 8.57. The van der Waals surface area contributed by atoms with Crippen LogP contribution in [0.2, 0.25) is 0 Å². The smallest absolute Gasteiger partial charge is 0.104 e. The van der Waals surface area contributed by atoms with Crippen molar-refractivity contribution in [3.05, 3.63) is 0 Å². The highest BCUT2D eigenvalue weighted by Crippen LogP contribution is 2.10. The molecule has 21 heavy (non-hydrogen) atoms. The van der Waals surface area contributed by atoms with Crippen LogP contribution in [0.1, 0.15) is 71.1 Å². The second-order valence-corrected chi connectivity index (χ2v) is 6.12. The fraction of sp³-hybridized carbons (Fsp3) is 1.00. The Bertz CT molecular complexity index is 188. The van der Waals surface area contributed by atoms with Gasteiger partial charge in [0.2, 0.25) is 0 Å². The van der Waals surface area contributed by atoms with Crippen molar-refractivity contribution >= 4 is 12.4 Å². The van der Waals surface area contributed by atoms with Gasteiger partial charge in [-0.25, -0.2) is 0 Å². The summed E-state index contributed by atoms with van der Waals surface area (Å²) in [5.41, 5.74) is 0. The summed E-state index contributed by atoms with van der Waals surface area (Å²) < 4.78 is 4.61. The predicted octanol–water partition coefficient (Wildman–Crippen LogP) is 4.27. The average molecular weight is 324 g/mol. The Balaban J connectivity index is 0. The van der Waals surface area contributed by atoms with Crippen molar-refractivity contribution in [2.24, 2.45) is 0 Å². The standard InChI is InChI=1S/C14H31N.C3H6O2.ClH/c1-4-5-6-7-8-9-10-11-12-13-14-15(2)3;4-1-3-2-5-3;/h4-14H2,1-3H3;3-4H,1-2H2;1H. The number of nitrogens with zero attached hydrogens (tertiary/aromatic N) is 1. The molecule has 0 aromatic rings. The number of unbranched alkanes of at least 4 members (excludes halogenated alkanes) is 9. The first-order valence-corrected chi connectivity index (χ1v) is 8.57. The van der Waals surface area contributed by atoms with Gasteiger partial charge in [-0.1, -0.05) is 64.7 Å². The van der Waals surface area contributed by atoms with Gasteiger partial charge < -0.3 is 14.7 Å². The second-order valence-electron chi connectivity index (χ2n) is 6.12. The maximum Gasteiger partial charge on any atom is 0.104 e. The van der Waals surface area contributed by atoms with Crippen LogP contribution in [0.25, 0.3) is 0 Å². The highest BCUT2D eigenvalue weighted by molar-refractivity contribution is 5.85. The summed E-state index contributed by atoms with van der Waals surface area (Å²) in [4.78, 5) is 2.28. The van der Waals surface area contributed by atoms with Crippen LogP contribution >= 0.6 is 12.4 Å². The molecule has 1 atom stereocenters. The molecule has 1 aliphatic heterocycles. The third kappa shape index (κ3) is 22.6. The van der Waals surface area contributed by atoms with E-state index < -0.39 is 0 Å². The molecule has 0 amide bonds. The van der Waals surface area contributed by atoms with E-state index in [2.05, 4.69) is 30.7 Å². The molecule has 1 fully saturated rings. The van der Waals surface area contributed by atoms with Crippen LogP contribution in [0, 0.1) is 0 Å². The molecule has 1 rings (SSSR count). The Labute approximate surface area is 138 Å². The van der Waals surface area contributed by atoms with Crippen LogP contribution in [0.3, 0.4) is 0 Å². The summed E-state index contributed by atoms with van der Waals surface area (Å²) in [5.74, 6) is 0. The zero-order chi connectivity index (χ0) is 15.1. The number of ether oxygens (including phenoxy) is 1. The highest BCUT2D eigenvalue weighted by Gasteiger charge is 2.19. The maximum absolute atomic E-state index is 8.08. The third-order valence-electron chi connectivity index (χ3n) is 3.56. The molecular formula is C17H38ClNO2. The molecule has 0 saturated carbocycles. The van der Waals surface area contributed by atoms with Crippen LogP contribution in [0.15, 0.2) is 0 Å². The molecule has 0 bridgehead atoms. The molecule has 4 heteroatoms. The number of aliphatic hydroxyl groups is 1. The van der Waals surface area contributed by atoms with E-state index in [1.807, 2.05) is 0 Å². The van der Waals surface area contributed by atoms with Gasteiger partial charge in [-0.15, -0.1) is 12.4 Å². The van der Waals surface area contributed by atoms with Gasteiger partial charge in [0.05, 0.1) is 13.2 Å². The normalized spacial score (nSPS) is 16.1. The molecule has 0 radical (unpaired) electrons. The van der Waals surface area contributed by atoms with Gasteiger partial charge in [-0.05, 0) is 27.1 Å². The van der Waals surface area contributed by atoms with Crippen molar-refractivity contribution in [2.45, 2.75) is 77.2 Å². The van der Waals surface area contributed by atoms with E-state index in [4.69, 9.17) is 5.11 Å². The SMILES string of the molecule is CCCCCCCCCCCCN(C)C.Cl.OCC1CO1. The van der Waals surface area contributed by atoms with Crippen LogP contribution < -0.4 is 0 Å². The van der Waals surface area contributed by atoms with E-state index in [0.717, 1.165) is 6.61 Å². The van der Waals surface area contributed by atoms with Gasteiger partial charge in [0, 0.05) is 0 Å². The fourth-order valence-corrected chi connectivity index (χ4v) is 2.09. The lowest BCUT2D eigenvalue weighted by molar-refractivity contribution is 0.244.